The third-order valence-corrected chi connectivity index (χ3v) is 9.26. The van der Waals surface area contributed by atoms with Crippen LogP contribution in [0.1, 0.15) is 29.7 Å². The molecule has 35 heavy (non-hydrogen) atoms. The molecule has 1 aromatic heterocycles. The zero-order valence-electron chi connectivity index (χ0n) is 19.2. The summed E-state index contributed by atoms with van der Waals surface area (Å²) < 4.78 is 75.8. The van der Waals surface area contributed by atoms with Gasteiger partial charge in [-0.1, -0.05) is 12.1 Å². The summed E-state index contributed by atoms with van der Waals surface area (Å²) in [7, 11) is -0.675. The molecule has 4 rings (SSSR count). The zero-order chi connectivity index (χ0) is 25.2. The SMILES string of the molecule is COc1ccc(Cc2csc(N3CCC(S(=O)(=O)c4cccc(C(F)(F)F)c4)CC3)n2)c(OC)c1. The summed E-state index contributed by atoms with van der Waals surface area (Å²) in [6.45, 7) is 0.920. The van der Waals surface area contributed by atoms with Crippen LogP contribution in [0.4, 0.5) is 18.3 Å². The molecule has 11 heteroatoms. The molecule has 0 bridgehead atoms. The summed E-state index contributed by atoms with van der Waals surface area (Å²) in [5.41, 5.74) is 0.878. The van der Waals surface area contributed by atoms with Crippen LogP contribution < -0.4 is 14.4 Å². The summed E-state index contributed by atoms with van der Waals surface area (Å²) in [6, 6.07) is 9.59. The first-order valence-corrected chi connectivity index (χ1v) is 13.4. The number of thiazole rings is 1. The quantitative estimate of drug-likeness (QED) is 0.421. The Bertz CT molecular complexity index is 1280. The van der Waals surface area contributed by atoms with Crippen molar-refractivity contribution >= 4 is 26.3 Å². The van der Waals surface area contributed by atoms with Crippen molar-refractivity contribution in [2.45, 2.75) is 35.6 Å². The number of anilines is 1. The standard InChI is InChI=1S/C24H25F3N2O4S2/c1-32-19-7-6-16(22(14-19)33-2)12-18-15-34-23(28-18)29-10-8-20(9-11-29)35(30,31)21-5-3-4-17(13-21)24(25,26)27/h3-7,13-15,20H,8-12H2,1-2H3. The van der Waals surface area contributed by atoms with Gasteiger partial charge in [0.2, 0.25) is 0 Å². The Hall–Kier alpha value is -2.79. The molecule has 1 fully saturated rings. The maximum Gasteiger partial charge on any atom is 0.416 e. The van der Waals surface area contributed by atoms with E-state index in [1.165, 1.54) is 17.4 Å². The number of hydrogen-bond acceptors (Lipinski definition) is 7. The molecule has 0 spiro atoms. The predicted molar refractivity (Wildman–Crippen MR) is 128 cm³/mol. The number of rotatable bonds is 7. The van der Waals surface area contributed by atoms with Crippen molar-refractivity contribution in [3.8, 4) is 11.5 Å². The van der Waals surface area contributed by atoms with Gasteiger partial charge in [-0.25, -0.2) is 13.4 Å². The first-order chi connectivity index (χ1) is 16.6. The van der Waals surface area contributed by atoms with E-state index in [0.29, 0.717) is 43.9 Å². The highest BCUT2D eigenvalue weighted by atomic mass is 32.2. The van der Waals surface area contributed by atoms with Gasteiger partial charge < -0.3 is 14.4 Å². The summed E-state index contributed by atoms with van der Waals surface area (Å²) >= 11 is 1.48. The summed E-state index contributed by atoms with van der Waals surface area (Å²) in [5.74, 6) is 1.41. The molecule has 0 saturated carbocycles. The number of alkyl halides is 3. The highest BCUT2D eigenvalue weighted by Gasteiger charge is 2.35. The Morgan fingerprint density at radius 3 is 2.49 bits per heavy atom. The largest absolute Gasteiger partial charge is 0.497 e. The molecule has 3 aromatic rings. The Morgan fingerprint density at radius 2 is 1.83 bits per heavy atom. The van der Waals surface area contributed by atoms with E-state index in [1.54, 1.807) is 14.2 Å². The molecule has 0 N–H and O–H groups in total. The fourth-order valence-corrected chi connectivity index (χ4v) is 6.77. The third-order valence-electron chi connectivity index (χ3n) is 6.05. The van der Waals surface area contributed by atoms with Crippen molar-refractivity contribution in [1.82, 2.24) is 4.98 Å². The lowest BCUT2D eigenvalue weighted by Crippen LogP contribution is -2.39. The molecule has 0 atom stereocenters. The second-order valence-corrected chi connectivity index (χ2v) is 11.3. The van der Waals surface area contributed by atoms with E-state index in [4.69, 9.17) is 14.5 Å². The van der Waals surface area contributed by atoms with Gasteiger partial charge in [0.25, 0.3) is 0 Å². The van der Waals surface area contributed by atoms with Crippen LogP contribution in [0, 0.1) is 0 Å². The van der Waals surface area contributed by atoms with Crippen LogP contribution in [0.25, 0.3) is 0 Å². The monoisotopic (exact) mass is 526 g/mol. The molecule has 0 amide bonds. The van der Waals surface area contributed by atoms with Gasteiger partial charge in [0.15, 0.2) is 15.0 Å². The maximum atomic E-state index is 13.0. The smallest absolute Gasteiger partial charge is 0.416 e. The van der Waals surface area contributed by atoms with Crippen molar-refractivity contribution < 1.29 is 31.1 Å². The van der Waals surface area contributed by atoms with Gasteiger partial charge in [0.05, 0.1) is 35.6 Å². The molecule has 1 aliphatic rings. The van der Waals surface area contributed by atoms with Crippen LogP contribution in [0.15, 0.2) is 52.7 Å². The zero-order valence-corrected chi connectivity index (χ0v) is 20.8. The van der Waals surface area contributed by atoms with Crippen molar-refractivity contribution in [3.63, 3.8) is 0 Å². The Morgan fingerprint density at radius 1 is 1.09 bits per heavy atom. The lowest BCUT2D eigenvalue weighted by molar-refractivity contribution is -0.137. The van der Waals surface area contributed by atoms with Crippen molar-refractivity contribution in [3.05, 3.63) is 64.7 Å². The van der Waals surface area contributed by atoms with Crippen molar-refractivity contribution in [1.29, 1.82) is 0 Å². The van der Waals surface area contributed by atoms with Gasteiger partial charge in [-0.3, -0.25) is 0 Å². The fourth-order valence-electron chi connectivity index (χ4n) is 4.11. The topological polar surface area (TPSA) is 68.7 Å². The lowest BCUT2D eigenvalue weighted by Gasteiger charge is -2.31. The second-order valence-electron chi connectivity index (χ2n) is 8.23. The molecule has 188 valence electrons. The number of benzene rings is 2. The molecule has 0 unspecified atom stereocenters. The van der Waals surface area contributed by atoms with Crippen LogP contribution in [-0.2, 0) is 22.4 Å². The number of ether oxygens (including phenoxy) is 2. The van der Waals surface area contributed by atoms with E-state index in [2.05, 4.69) is 0 Å². The van der Waals surface area contributed by atoms with Gasteiger partial charge in [-0.05, 0) is 37.1 Å². The molecule has 1 saturated heterocycles. The average molecular weight is 527 g/mol. The number of sulfone groups is 1. The number of methoxy groups -OCH3 is 2. The van der Waals surface area contributed by atoms with E-state index in [-0.39, 0.29) is 4.90 Å². The van der Waals surface area contributed by atoms with Gasteiger partial charge in [0, 0.05) is 36.5 Å². The first kappa shape index (κ1) is 25.3. The molecular weight excluding hydrogens is 501 g/mol. The minimum absolute atomic E-state index is 0.282. The van der Waals surface area contributed by atoms with Crippen LogP contribution in [-0.4, -0.2) is 46.0 Å². The number of hydrogen-bond donors (Lipinski definition) is 0. The Balaban J connectivity index is 1.42. The molecule has 1 aliphatic heterocycles. The molecular formula is C24H25F3N2O4S2. The van der Waals surface area contributed by atoms with E-state index >= 15 is 0 Å². The molecule has 0 radical (unpaired) electrons. The Labute approximate surface area is 206 Å². The molecule has 2 aromatic carbocycles. The van der Waals surface area contributed by atoms with E-state index in [0.717, 1.165) is 34.6 Å². The van der Waals surface area contributed by atoms with Gasteiger partial charge in [-0.15, -0.1) is 11.3 Å². The molecule has 6 nitrogen and oxygen atoms in total. The van der Waals surface area contributed by atoms with Crippen molar-refractivity contribution in [2.75, 3.05) is 32.2 Å². The predicted octanol–water partition coefficient (Wildman–Crippen LogP) is 5.21. The van der Waals surface area contributed by atoms with Gasteiger partial charge in [-0.2, -0.15) is 13.2 Å². The van der Waals surface area contributed by atoms with Gasteiger partial charge >= 0.3 is 6.18 Å². The number of aromatic nitrogens is 1. The minimum Gasteiger partial charge on any atom is -0.497 e. The minimum atomic E-state index is -4.59. The maximum absolute atomic E-state index is 13.0. The summed E-state index contributed by atoms with van der Waals surface area (Å²) in [4.78, 5) is 6.46. The van der Waals surface area contributed by atoms with E-state index in [1.807, 2.05) is 28.5 Å². The van der Waals surface area contributed by atoms with Crippen LogP contribution in [0.3, 0.4) is 0 Å². The number of piperidine rings is 1. The normalized spacial score (nSPS) is 15.3. The van der Waals surface area contributed by atoms with E-state index < -0.39 is 26.8 Å². The van der Waals surface area contributed by atoms with Crippen LogP contribution in [0.5, 0.6) is 11.5 Å². The highest BCUT2D eigenvalue weighted by molar-refractivity contribution is 7.92. The molecule has 0 aliphatic carbocycles. The van der Waals surface area contributed by atoms with E-state index in [9.17, 15) is 21.6 Å². The summed E-state index contributed by atoms with van der Waals surface area (Å²) in [5, 5.41) is 2.03. The third kappa shape index (κ3) is 5.56. The molecule has 2 heterocycles. The van der Waals surface area contributed by atoms with Crippen LogP contribution in [0.2, 0.25) is 0 Å². The average Bonchev–Trinajstić information content (AvgIpc) is 3.32. The first-order valence-electron chi connectivity index (χ1n) is 10.9. The number of nitrogens with zero attached hydrogens (tertiary/aromatic N) is 2. The van der Waals surface area contributed by atoms with Gasteiger partial charge in [0.1, 0.15) is 11.5 Å². The lowest BCUT2D eigenvalue weighted by atomic mass is 10.1. The number of halogens is 3. The Kier molecular flexibility index (Phi) is 7.27. The van der Waals surface area contributed by atoms with Crippen molar-refractivity contribution in [2.24, 2.45) is 0 Å². The highest BCUT2D eigenvalue weighted by Crippen LogP contribution is 2.34. The van der Waals surface area contributed by atoms with Crippen LogP contribution >= 0.6 is 11.3 Å². The second kappa shape index (κ2) is 10.1. The summed E-state index contributed by atoms with van der Waals surface area (Å²) in [6.07, 6.45) is -3.38. The fraction of sp³-hybridized carbons (Fsp3) is 0.375.